The van der Waals surface area contributed by atoms with Gasteiger partial charge >= 0.3 is 5.97 Å². The largest absolute Gasteiger partial charge is 0.449 e. The second-order valence-electron chi connectivity index (χ2n) is 10.8. The highest BCUT2D eigenvalue weighted by atomic mass is 16.5. The lowest BCUT2D eigenvalue weighted by atomic mass is 9.93. The Labute approximate surface area is 266 Å². The van der Waals surface area contributed by atoms with Gasteiger partial charge in [0.2, 0.25) is 0 Å². The van der Waals surface area contributed by atoms with Crippen LogP contribution in [0.3, 0.4) is 0 Å². The third kappa shape index (κ3) is 13.4. The van der Waals surface area contributed by atoms with E-state index in [1.54, 1.807) is 0 Å². The number of ether oxygens (including phenoxy) is 1. The molecule has 0 saturated carbocycles. The van der Waals surface area contributed by atoms with Gasteiger partial charge in [-0.25, -0.2) is 0 Å². The van der Waals surface area contributed by atoms with Gasteiger partial charge in [-0.2, -0.15) is 0 Å². The fourth-order valence-electron chi connectivity index (χ4n) is 4.76. The van der Waals surface area contributed by atoms with Gasteiger partial charge in [0.25, 0.3) is 0 Å². The van der Waals surface area contributed by atoms with Gasteiger partial charge in [-0.05, 0) is 79.8 Å². The first-order valence-corrected chi connectivity index (χ1v) is 16.0. The third-order valence-corrected chi connectivity index (χ3v) is 7.13. The number of hydrogen-bond donors (Lipinski definition) is 0. The molecule has 0 heterocycles. The van der Waals surface area contributed by atoms with E-state index in [2.05, 4.69) is 134 Å². The minimum atomic E-state index is -0.201. The molecular weight excluding hydrogens is 538 g/mol. The Morgan fingerprint density at radius 2 is 1.11 bits per heavy atom. The first-order valence-electron chi connectivity index (χ1n) is 16.0. The van der Waals surface area contributed by atoms with E-state index in [9.17, 15) is 4.79 Å². The Morgan fingerprint density at radius 1 is 0.659 bits per heavy atom. The molecule has 3 rings (SSSR count). The molecular formula is C41H49NO2. The fraction of sp³-hybridized carbons (Fsp3) is 0.293. The standard InChI is InChI=1S/C41H49NO2/c1-3-4-5-6-7-8-9-10-11-12-13-14-15-16-17-18-19-20-31-41(43)44-35-42(2)34-25-30-40-38-28-23-21-26-36(38)32-33-37-27-22-24-29-39(37)40/h4-5,7-8,10-11,13-14,16-17,19-24,26-30,32-33H,3,6,9,12,15,18,25,31,34-35H2,1-2H3/b5-4-,8-7-,11-10-,14-13-,17-16-,20-19-. The smallest absolute Gasteiger partial charge is 0.310 e. The van der Waals surface area contributed by atoms with Gasteiger partial charge in [0.15, 0.2) is 0 Å². The van der Waals surface area contributed by atoms with Crippen LogP contribution >= 0.6 is 0 Å². The summed E-state index contributed by atoms with van der Waals surface area (Å²) in [7, 11) is 1.99. The SMILES string of the molecule is CC/C=C\C/C=C\C/C=C\C/C=C\C/C=C\C/C=C\CC(=O)OCN(C)CCC=C1c2ccccc2C=Cc2ccccc21. The van der Waals surface area contributed by atoms with Crippen molar-refractivity contribution in [2.75, 3.05) is 20.3 Å². The van der Waals surface area contributed by atoms with Crippen LogP contribution in [0.2, 0.25) is 0 Å². The van der Waals surface area contributed by atoms with Gasteiger partial charge < -0.3 is 4.74 Å². The maximum absolute atomic E-state index is 12.2. The molecule has 0 aromatic heterocycles. The summed E-state index contributed by atoms with van der Waals surface area (Å²) in [5.74, 6) is -0.201. The number of carbonyl (C=O) groups excluding carboxylic acids is 1. The summed E-state index contributed by atoms with van der Waals surface area (Å²) in [4.78, 5) is 14.2. The molecule has 0 N–H and O–H groups in total. The first kappa shape index (κ1) is 34.3. The molecule has 0 spiro atoms. The summed E-state index contributed by atoms with van der Waals surface area (Å²) in [6.07, 6.45) is 39.5. The van der Waals surface area contributed by atoms with E-state index in [4.69, 9.17) is 4.74 Å². The van der Waals surface area contributed by atoms with Crippen LogP contribution in [-0.4, -0.2) is 31.2 Å². The van der Waals surface area contributed by atoms with E-state index in [1.807, 2.05) is 24.1 Å². The van der Waals surface area contributed by atoms with Gasteiger partial charge in [0, 0.05) is 6.54 Å². The highest BCUT2D eigenvalue weighted by Crippen LogP contribution is 2.33. The second kappa shape index (κ2) is 21.5. The molecule has 44 heavy (non-hydrogen) atoms. The van der Waals surface area contributed by atoms with Crippen molar-refractivity contribution < 1.29 is 9.53 Å². The molecule has 230 valence electrons. The molecule has 0 aliphatic heterocycles. The topological polar surface area (TPSA) is 29.5 Å². The van der Waals surface area contributed by atoms with Crippen molar-refractivity contribution in [1.82, 2.24) is 4.90 Å². The zero-order valence-electron chi connectivity index (χ0n) is 26.6. The van der Waals surface area contributed by atoms with Gasteiger partial charge in [-0.3, -0.25) is 9.69 Å². The summed E-state index contributed by atoms with van der Waals surface area (Å²) in [6, 6.07) is 17.1. The summed E-state index contributed by atoms with van der Waals surface area (Å²) >= 11 is 0. The molecule has 0 amide bonds. The van der Waals surface area contributed by atoms with Crippen molar-refractivity contribution >= 4 is 23.7 Å². The molecule has 1 aliphatic carbocycles. The fourth-order valence-corrected chi connectivity index (χ4v) is 4.76. The van der Waals surface area contributed by atoms with Crippen molar-refractivity contribution in [1.29, 1.82) is 0 Å². The molecule has 3 nitrogen and oxygen atoms in total. The lowest BCUT2D eigenvalue weighted by Crippen LogP contribution is -2.24. The minimum Gasteiger partial charge on any atom is -0.449 e. The molecule has 0 unspecified atom stereocenters. The highest BCUT2D eigenvalue weighted by Gasteiger charge is 2.14. The molecule has 2 aromatic rings. The maximum atomic E-state index is 12.2. The van der Waals surface area contributed by atoms with E-state index in [1.165, 1.54) is 27.8 Å². The monoisotopic (exact) mass is 587 g/mol. The average Bonchev–Trinajstić information content (AvgIpc) is 3.20. The highest BCUT2D eigenvalue weighted by molar-refractivity contribution is 5.93. The number of allylic oxidation sites excluding steroid dienone is 11. The van der Waals surface area contributed by atoms with Crippen molar-refractivity contribution in [3.63, 3.8) is 0 Å². The Kier molecular flexibility index (Phi) is 16.7. The molecule has 0 bridgehead atoms. The van der Waals surface area contributed by atoms with E-state index in [-0.39, 0.29) is 5.97 Å². The summed E-state index contributed by atoms with van der Waals surface area (Å²) < 4.78 is 5.48. The van der Waals surface area contributed by atoms with Crippen LogP contribution in [0.1, 0.15) is 80.5 Å². The lowest BCUT2D eigenvalue weighted by molar-refractivity contribution is -0.146. The van der Waals surface area contributed by atoms with Gasteiger partial charge in [-0.15, -0.1) is 0 Å². The Hall–Kier alpha value is -4.21. The average molecular weight is 588 g/mol. The van der Waals surface area contributed by atoms with Crippen molar-refractivity contribution in [2.24, 2.45) is 0 Å². The van der Waals surface area contributed by atoms with Crippen LogP contribution in [0, 0.1) is 0 Å². The van der Waals surface area contributed by atoms with E-state index < -0.39 is 0 Å². The second-order valence-corrected chi connectivity index (χ2v) is 10.8. The minimum absolute atomic E-state index is 0.201. The maximum Gasteiger partial charge on any atom is 0.310 e. The Bertz CT molecular complexity index is 1330. The number of nitrogens with zero attached hydrogens (tertiary/aromatic N) is 1. The normalized spacial score (nSPS) is 13.3. The number of rotatable bonds is 18. The summed E-state index contributed by atoms with van der Waals surface area (Å²) in [6.45, 7) is 3.25. The molecule has 1 aliphatic rings. The van der Waals surface area contributed by atoms with Crippen LogP contribution < -0.4 is 0 Å². The summed E-state index contributed by atoms with van der Waals surface area (Å²) in [5.41, 5.74) is 6.21. The van der Waals surface area contributed by atoms with Gasteiger partial charge in [0.1, 0.15) is 6.73 Å². The molecule has 2 aromatic carbocycles. The molecule has 0 saturated heterocycles. The van der Waals surface area contributed by atoms with E-state index >= 15 is 0 Å². The van der Waals surface area contributed by atoms with Crippen molar-refractivity contribution in [3.05, 3.63) is 150 Å². The Balaban J connectivity index is 1.27. The van der Waals surface area contributed by atoms with Crippen LogP contribution in [0.5, 0.6) is 0 Å². The van der Waals surface area contributed by atoms with Crippen molar-refractivity contribution in [3.8, 4) is 0 Å². The zero-order valence-corrected chi connectivity index (χ0v) is 26.6. The number of benzene rings is 2. The van der Waals surface area contributed by atoms with Gasteiger partial charge in [-0.1, -0.05) is 147 Å². The van der Waals surface area contributed by atoms with Crippen LogP contribution in [-0.2, 0) is 9.53 Å². The quantitative estimate of drug-likeness (QED) is 0.0842. The molecule has 3 heteroatoms. The lowest BCUT2D eigenvalue weighted by Gasteiger charge is -2.16. The summed E-state index contributed by atoms with van der Waals surface area (Å²) in [5, 5.41) is 0. The van der Waals surface area contributed by atoms with Crippen molar-refractivity contribution in [2.45, 2.75) is 58.3 Å². The zero-order chi connectivity index (χ0) is 31.1. The molecule has 0 radical (unpaired) electrons. The number of esters is 1. The number of fused-ring (bicyclic) bond motifs is 2. The molecule has 0 atom stereocenters. The first-order chi connectivity index (χ1) is 21.7. The third-order valence-electron chi connectivity index (χ3n) is 7.13. The van der Waals surface area contributed by atoms with Gasteiger partial charge in [0.05, 0.1) is 6.42 Å². The Morgan fingerprint density at radius 3 is 1.61 bits per heavy atom. The van der Waals surface area contributed by atoms with Crippen LogP contribution in [0.25, 0.3) is 17.7 Å². The van der Waals surface area contributed by atoms with E-state index in [0.29, 0.717) is 13.2 Å². The molecule has 0 fully saturated rings. The van der Waals surface area contributed by atoms with Crippen LogP contribution in [0.15, 0.2) is 128 Å². The predicted molar refractivity (Wildman–Crippen MR) is 190 cm³/mol. The predicted octanol–water partition coefficient (Wildman–Crippen LogP) is 10.5. The van der Waals surface area contributed by atoms with E-state index in [0.717, 1.165) is 51.5 Å². The number of carbonyl (C=O) groups is 1. The number of hydrogen-bond acceptors (Lipinski definition) is 3. The van der Waals surface area contributed by atoms with Crippen LogP contribution in [0.4, 0.5) is 0 Å².